The van der Waals surface area contributed by atoms with Crippen molar-refractivity contribution in [2.75, 3.05) is 13.1 Å². The number of nitrogens with one attached hydrogen (secondary N) is 1. The van der Waals surface area contributed by atoms with E-state index in [1.165, 1.54) is 11.1 Å². The van der Waals surface area contributed by atoms with E-state index in [9.17, 15) is 9.59 Å². The third kappa shape index (κ3) is 2.53. The summed E-state index contributed by atoms with van der Waals surface area (Å²) in [7, 11) is 0. The van der Waals surface area contributed by atoms with Crippen LogP contribution in [-0.2, 0) is 16.1 Å². The minimum atomic E-state index is -0.243. The fourth-order valence-electron chi connectivity index (χ4n) is 4.10. The van der Waals surface area contributed by atoms with Crippen molar-refractivity contribution in [2.24, 2.45) is 0 Å². The average molecular weight is 313 g/mol. The quantitative estimate of drug-likeness (QED) is 0.908. The number of amides is 2. The lowest BCUT2D eigenvalue weighted by Crippen LogP contribution is -2.60. The molecule has 2 amide bonds. The summed E-state index contributed by atoms with van der Waals surface area (Å²) in [5.74, 6) is 0.318. The maximum absolute atomic E-state index is 12.6. The Bertz CT molecular complexity index is 598. The highest BCUT2D eigenvalue weighted by atomic mass is 16.2. The van der Waals surface area contributed by atoms with Gasteiger partial charge in [-0.3, -0.25) is 9.59 Å². The Morgan fingerprint density at radius 1 is 1.09 bits per heavy atom. The molecule has 122 valence electrons. The van der Waals surface area contributed by atoms with Gasteiger partial charge in [-0.15, -0.1) is 0 Å². The Hall–Kier alpha value is -1.88. The van der Waals surface area contributed by atoms with Gasteiger partial charge >= 0.3 is 0 Å². The topological polar surface area (TPSA) is 52.7 Å². The molecular formula is C18H23N3O2. The molecule has 0 radical (unpaired) electrons. The lowest BCUT2D eigenvalue weighted by atomic mass is 10.1. The van der Waals surface area contributed by atoms with Crippen LogP contribution in [0.5, 0.6) is 0 Å². The van der Waals surface area contributed by atoms with Gasteiger partial charge in [-0.2, -0.15) is 0 Å². The van der Waals surface area contributed by atoms with Gasteiger partial charge in [-0.1, -0.05) is 29.8 Å². The number of hydrogen-bond acceptors (Lipinski definition) is 3. The largest absolute Gasteiger partial charge is 0.329 e. The van der Waals surface area contributed by atoms with Gasteiger partial charge in [-0.25, -0.2) is 0 Å². The van der Waals surface area contributed by atoms with Crippen molar-refractivity contribution in [1.82, 2.24) is 15.1 Å². The number of piperazine rings is 1. The van der Waals surface area contributed by atoms with E-state index in [1.807, 2.05) is 9.80 Å². The van der Waals surface area contributed by atoms with Crippen molar-refractivity contribution in [3.8, 4) is 0 Å². The van der Waals surface area contributed by atoms with Gasteiger partial charge in [0.05, 0.1) is 0 Å². The van der Waals surface area contributed by atoms with Crippen LogP contribution in [0.2, 0.25) is 0 Å². The molecule has 0 saturated carbocycles. The molecule has 0 unspecified atom stereocenters. The standard InChI is InChI=1S/C18H23N3O2/c1-12-4-6-13(7-5-12)10-19-14-9-16-18(23)20-8-2-3-15(20)17(22)21(16)11-14/h4-7,14-16,19H,2-3,8-11H2,1H3/t14-,15-,16-/m0/s1. The predicted molar refractivity (Wildman–Crippen MR) is 86.7 cm³/mol. The number of aryl methyl sites for hydroxylation is 1. The van der Waals surface area contributed by atoms with Crippen LogP contribution in [0.25, 0.3) is 0 Å². The number of nitrogens with zero attached hydrogens (tertiary/aromatic N) is 2. The van der Waals surface area contributed by atoms with Crippen LogP contribution in [0.4, 0.5) is 0 Å². The first-order valence-electron chi connectivity index (χ1n) is 8.53. The van der Waals surface area contributed by atoms with E-state index in [4.69, 9.17) is 0 Å². The molecule has 1 aromatic rings. The minimum absolute atomic E-state index is 0.159. The molecule has 0 spiro atoms. The molecule has 5 heteroatoms. The van der Waals surface area contributed by atoms with Crippen LogP contribution < -0.4 is 5.32 Å². The summed E-state index contributed by atoms with van der Waals surface area (Å²) in [4.78, 5) is 28.8. The first-order chi connectivity index (χ1) is 11.1. The van der Waals surface area contributed by atoms with E-state index >= 15 is 0 Å². The molecule has 1 aromatic carbocycles. The van der Waals surface area contributed by atoms with Gasteiger partial charge in [0.25, 0.3) is 0 Å². The first-order valence-corrected chi connectivity index (χ1v) is 8.53. The minimum Gasteiger partial charge on any atom is -0.329 e. The van der Waals surface area contributed by atoms with Crippen LogP contribution in [0.1, 0.15) is 30.4 Å². The molecule has 1 N–H and O–H groups in total. The third-order valence-corrected chi connectivity index (χ3v) is 5.41. The number of carbonyl (C=O) groups is 2. The van der Waals surface area contributed by atoms with Crippen molar-refractivity contribution >= 4 is 11.8 Å². The Morgan fingerprint density at radius 3 is 2.61 bits per heavy atom. The van der Waals surface area contributed by atoms with Crippen molar-refractivity contribution in [1.29, 1.82) is 0 Å². The second kappa shape index (κ2) is 5.64. The summed E-state index contributed by atoms with van der Waals surface area (Å²) in [5, 5.41) is 3.52. The number of benzene rings is 1. The summed E-state index contributed by atoms with van der Waals surface area (Å²) in [5.41, 5.74) is 2.49. The molecular weight excluding hydrogens is 290 g/mol. The maximum Gasteiger partial charge on any atom is 0.246 e. The highest BCUT2D eigenvalue weighted by Crippen LogP contribution is 2.32. The zero-order chi connectivity index (χ0) is 16.0. The molecule has 23 heavy (non-hydrogen) atoms. The summed E-state index contributed by atoms with van der Waals surface area (Å²) in [6.45, 7) is 4.27. The van der Waals surface area contributed by atoms with Crippen molar-refractivity contribution < 1.29 is 9.59 Å². The lowest BCUT2D eigenvalue weighted by molar-refractivity contribution is -0.156. The number of hydrogen-bond donors (Lipinski definition) is 1. The van der Waals surface area contributed by atoms with E-state index in [1.54, 1.807) is 0 Å². The smallest absolute Gasteiger partial charge is 0.246 e. The second-order valence-corrected chi connectivity index (χ2v) is 7.00. The van der Waals surface area contributed by atoms with Crippen molar-refractivity contribution in [3.05, 3.63) is 35.4 Å². The fourth-order valence-corrected chi connectivity index (χ4v) is 4.10. The molecule has 0 bridgehead atoms. The zero-order valence-corrected chi connectivity index (χ0v) is 13.5. The number of rotatable bonds is 3. The molecule has 4 rings (SSSR count). The Morgan fingerprint density at radius 2 is 1.83 bits per heavy atom. The Kier molecular flexibility index (Phi) is 3.60. The highest BCUT2D eigenvalue weighted by Gasteiger charge is 2.51. The van der Waals surface area contributed by atoms with E-state index in [0.717, 1.165) is 32.4 Å². The highest BCUT2D eigenvalue weighted by molar-refractivity contribution is 5.98. The summed E-state index contributed by atoms with van der Waals surface area (Å²) < 4.78 is 0. The van der Waals surface area contributed by atoms with Crippen LogP contribution >= 0.6 is 0 Å². The number of fused-ring (bicyclic) bond motifs is 2. The molecule has 0 aromatic heterocycles. The van der Waals surface area contributed by atoms with Gasteiger partial charge in [-0.05, 0) is 31.7 Å². The number of carbonyl (C=O) groups excluding carboxylic acids is 2. The SMILES string of the molecule is Cc1ccc(CN[C@H]2C[C@H]3C(=O)N4CCC[C@H]4C(=O)N3C2)cc1. The molecule has 3 heterocycles. The van der Waals surface area contributed by atoms with Gasteiger partial charge < -0.3 is 15.1 Å². The van der Waals surface area contributed by atoms with E-state index in [0.29, 0.717) is 6.54 Å². The van der Waals surface area contributed by atoms with Gasteiger partial charge in [0.15, 0.2) is 0 Å². The van der Waals surface area contributed by atoms with Gasteiger partial charge in [0.2, 0.25) is 11.8 Å². The molecule has 3 aliphatic heterocycles. The molecule has 0 aliphatic carbocycles. The summed E-state index contributed by atoms with van der Waals surface area (Å²) in [6.07, 6.45) is 2.52. The Labute approximate surface area is 136 Å². The maximum atomic E-state index is 12.6. The molecule has 5 nitrogen and oxygen atoms in total. The molecule has 3 atom stereocenters. The molecule has 3 aliphatic rings. The lowest BCUT2D eigenvalue weighted by Gasteiger charge is -2.38. The second-order valence-electron chi connectivity index (χ2n) is 7.00. The van der Waals surface area contributed by atoms with Crippen molar-refractivity contribution in [2.45, 2.75) is 50.9 Å². The molecule has 3 fully saturated rings. The first kappa shape index (κ1) is 14.7. The van der Waals surface area contributed by atoms with Crippen LogP contribution in [0, 0.1) is 6.92 Å². The van der Waals surface area contributed by atoms with E-state index < -0.39 is 0 Å². The van der Waals surface area contributed by atoms with Crippen molar-refractivity contribution in [3.63, 3.8) is 0 Å². The monoisotopic (exact) mass is 313 g/mol. The van der Waals surface area contributed by atoms with Crippen LogP contribution in [0.3, 0.4) is 0 Å². The normalized spacial score (nSPS) is 29.9. The summed E-state index contributed by atoms with van der Waals surface area (Å²) >= 11 is 0. The third-order valence-electron chi connectivity index (χ3n) is 5.41. The predicted octanol–water partition coefficient (Wildman–Crippen LogP) is 1.06. The van der Waals surface area contributed by atoms with Gasteiger partial charge in [0, 0.05) is 25.7 Å². The molecule has 3 saturated heterocycles. The van der Waals surface area contributed by atoms with Gasteiger partial charge in [0.1, 0.15) is 12.1 Å². The van der Waals surface area contributed by atoms with Crippen LogP contribution in [0.15, 0.2) is 24.3 Å². The zero-order valence-electron chi connectivity index (χ0n) is 13.5. The van der Waals surface area contributed by atoms with E-state index in [-0.39, 0.29) is 29.9 Å². The van der Waals surface area contributed by atoms with E-state index in [2.05, 4.69) is 36.5 Å². The fraction of sp³-hybridized carbons (Fsp3) is 0.556. The average Bonchev–Trinajstić information content (AvgIpc) is 3.19. The van der Waals surface area contributed by atoms with Crippen LogP contribution in [-0.4, -0.2) is 52.8 Å². The summed E-state index contributed by atoms with van der Waals surface area (Å²) in [6, 6.07) is 8.23. The Balaban J connectivity index is 1.41.